The third-order valence-electron chi connectivity index (χ3n) is 2.51. The van der Waals surface area contributed by atoms with E-state index >= 15 is 0 Å². The standard InChI is InChI=1S/C14H14N2O2/c1-16-10-11(9-15-16)6-7-14(17)12-4-3-5-13(8-12)18-2/h3-10H,1-2H3/b7-6+. The van der Waals surface area contributed by atoms with Crippen molar-refractivity contribution in [1.82, 2.24) is 9.78 Å². The molecule has 0 amide bonds. The zero-order valence-corrected chi connectivity index (χ0v) is 10.3. The van der Waals surface area contributed by atoms with Gasteiger partial charge in [0.25, 0.3) is 0 Å². The predicted molar refractivity (Wildman–Crippen MR) is 69.6 cm³/mol. The van der Waals surface area contributed by atoms with Crippen molar-refractivity contribution in [3.8, 4) is 5.75 Å². The van der Waals surface area contributed by atoms with Crippen LogP contribution in [0, 0.1) is 0 Å². The van der Waals surface area contributed by atoms with Gasteiger partial charge in [-0.2, -0.15) is 5.10 Å². The van der Waals surface area contributed by atoms with Crippen LogP contribution in [-0.2, 0) is 7.05 Å². The van der Waals surface area contributed by atoms with Gasteiger partial charge in [-0.3, -0.25) is 9.48 Å². The van der Waals surface area contributed by atoms with Gasteiger partial charge in [-0.1, -0.05) is 12.1 Å². The fourth-order valence-corrected chi connectivity index (χ4v) is 1.57. The summed E-state index contributed by atoms with van der Waals surface area (Å²) >= 11 is 0. The first-order valence-electron chi connectivity index (χ1n) is 5.54. The van der Waals surface area contributed by atoms with Crippen LogP contribution < -0.4 is 4.74 Å². The molecule has 0 radical (unpaired) electrons. The molecule has 0 atom stereocenters. The maximum Gasteiger partial charge on any atom is 0.185 e. The molecule has 18 heavy (non-hydrogen) atoms. The summed E-state index contributed by atoms with van der Waals surface area (Å²) < 4.78 is 6.77. The zero-order valence-electron chi connectivity index (χ0n) is 10.3. The van der Waals surface area contributed by atoms with E-state index in [1.807, 2.05) is 19.3 Å². The molecule has 0 aliphatic carbocycles. The molecule has 1 aromatic carbocycles. The summed E-state index contributed by atoms with van der Waals surface area (Å²) in [7, 11) is 3.41. The highest BCUT2D eigenvalue weighted by Crippen LogP contribution is 2.13. The number of aromatic nitrogens is 2. The first kappa shape index (κ1) is 12.1. The van der Waals surface area contributed by atoms with Crippen molar-refractivity contribution >= 4 is 11.9 Å². The minimum absolute atomic E-state index is 0.0576. The van der Waals surface area contributed by atoms with E-state index in [1.165, 1.54) is 6.08 Å². The van der Waals surface area contributed by atoms with Gasteiger partial charge >= 0.3 is 0 Å². The molecule has 1 aromatic heterocycles. The highest BCUT2D eigenvalue weighted by molar-refractivity contribution is 6.06. The number of methoxy groups -OCH3 is 1. The van der Waals surface area contributed by atoms with Crippen LogP contribution in [0.4, 0.5) is 0 Å². The lowest BCUT2D eigenvalue weighted by Gasteiger charge is -2.00. The molecule has 0 saturated heterocycles. The van der Waals surface area contributed by atoms with Crippen LogP contribution in [0.1, 0.15) is 15.9 Å². The van der Waals surface area contributed by atoms with Crippen molar-refractivity contribution < 1.29 is 9.53 Å². The third kappa shape index (κ3) is 2.85. The Morgan fingerprint density at radius 3 is 2.94 bits per heavy atom. The van der Waals surface area contributed by atoms with Crippen molar-refractivity contribution in [2.24, 2.45) is 7.05 Å². The van der Waals surface area contributed by atoms with Crippen LogP contribution >= 0.6 is 0 Å². The lowest BCUT2D eigenvalue weighted by molar-refractivity contribution is 0.104. The highest BCUT2D eigenvalue weighted by atomic mass is 16.5. The minimum Gasteiger partial charge on any atom is -0.497 e. The van der Waals surface area contributed by atoms with E-state index in [2.05, 4.69) is 5.10 Å². The molecular weight excluding hydrogens is 228 g/mol. The Bertz CT molecular complexity index is 585. The first-order valence-corrected chi connectivity index (χ1v) is 5.54. The molecule has 0 saturated carbocycles. The number of allylic oxidation sites excluding steroid dienone is 1. The van der Waals surface area contributed by atoms with Gasteiger partial charge < -0.3 is 4.74 Å². The number of ketones is 1. The first-order chi connectivity index (χ1) is 8.69. The van der Waals surface area contributed by atoms with Gasteiger partial charge in [0.05, 0.1) is 13.3 Å². The molecule has 0 N–H and O–H groups in total. The number of nitrogens with zero attached hydrogens (tertiary/aromatic N) is 2. The quantitative estimate of drug-likeness (QED) is 0.610. The summed E-state index contributed by atoms with van der Waals surface area (Å²) in [6.45, 7) is 0. The topological polar surface area (TPSA) is 44.1 Å². The van der Waals surface area contributed by atoms with Crippen LogP contribution in [0.3, 0.4) is 0 Å². The van der Waals surface area contributed by atoms with Crippen molar-refractivity contribution in [1.29, 1.82) is 0 Å². The molecule has 0 aliphatic rings. The Kier molecular flexibility index (Phi) is 3.57. The molecule has 0 aliphatic heterocycles. The summed E-state index contributed by atoms with van der Waals surface area (Å²) in [4.78, 5) is 11.9. The Morgan fingerprint density at radius 2 is 2.28 bits per heavy atom. The van der Waals surface area contributed by atoms with E-state index in [9.17, 15) is 4.79 Å². The number of benzene rings is 1. The number of ether oxygens (including phenoxy) is 1. The van der Waals surface area contributed by atoms with Crippen LogP contribution in [-0.4, -0.2) is 22.7 Å². The molecule has 0 unspecified atom stereocenters. The van der Waals surface area contributed by atoms with Gasteiger partial charge in [-0.05, 0) is 24.3 Å². The zero-order chi connectivity index (χ0) is 13.0. The Morgan fingerprint density at radius 1 is 1.44 bits per heavy atom. The summed E-state index contributed by atoms with van der Waals surface area (Å²) in [5.41, 5.74) is 1.50. The summed E-state index contributed by atoms with van der Waals surface area (Å²) in [5.74, 6) is 0.619. The van der Waals surface area contributed by atoms with Crippen LogP contribution in [0.2, 0.25) is 0 Å². The molecule has 1 heterocycles. The second-order valence-electron chi connectivity index (χ2n) is 3.88. The van der Waals surface area contributed by atoms with Gasteiger partial charge in [0, 0.05) is 24.4 Å². The number of carbonyl (C=O) groups excluding carboxylic acids is 1. The lowest BCUT2D eigenvalue weighted by Crippen LogP contribution is -1.94. The number of hydrogen-bond acceptors (Lipinski definition) is 3. The molecule has 4 nitrogen and oxygen atoms in total. The van der Waals surface area contributed by atoms with Gasteiger partial charge in [0.15, 0.2) is 5.78 Å². The largest absolute Gasteiger partial charge is 0.497 e. The van der Waals surface area contributed by atoms with E-state index in [-0.39, 0.29) is 5.78 Å². The Balaban J connectivity index is 2.14. The maximum absolute atomic E-state index is 11.9. The maximum atomic E-state index is 11.9. The fraction of sp³-hybridized carbons (Fsp3) is 0.143. The highest BCUT2D eigenvalue weighted by Gasteiger charge is 2.03. The van der Waals surface area contributed by atoms with Crippen molar-refractivity contribution in [3.05, 3.63) is 53.9 Å². The molecule has 2 aromatic rings. The number of hydrogen-bond donors (Lipinski definition) is 0. The smallest absolute Gasteiger partial charge is 0.185 e. The van der Waals surface area contributed by atoms with Crippen LogP contribution in [0.25, 0.3) is 6.08 Å². The number of aryl methyl sites for hydroxylation is 1. The van der Waals surface area contributed by atoms with Crippen molar-refractivity contribution in [3.63, 3.8) is 0 Å². The average molecular weight is 242 g/mol. The van der Waals surface area contributed by atoms with Gasteiger partial charge in [-0.15, -0.1) is 0 Å². The van der Waals surface area contributed by atoms with E-state index in [1.54, 1.807) is 42.3 Å². The van der Waals surface area contributed by atoms with Gasteiger partial charge in [0.2, 0.25) is 0 Å². The molecule has 4 heteroatoms. The van der Waals surface area contributed by atoms with Crippen molar-refractivity contribution in [2.75, 3.05) is 7.11 Å². The second kappa shape index (κ2) is 5.31. The molecular formula is C14H14N2O2. The normalized spacial score (nSPS) is 10.8. The SMILES string of the molecule is COc1cccc(C(=O)/C=C/c2cnn(C)c2)c1. The summed E-state index contributed by atoms with van der Waals surface area (Å²) in [6, 6.07) is 7.08. The molecule has 0 fully saturated rings. The number of rotatable bonds is 4. The van der Waals surface area contributed by atoms with E-state index in [0.29, 0.717) is 11.3 Å². The molecule has 92 valence electrons. The minimum atomic E-state index is -0.0576. The van der Waals surface area contributed by atoms with E-state index < -0.39 is 0 Å². The molecule has 0 spiro atoms. The number of carbonyl (C=O) groups is 1. The lowest BCUT2D eigenvalue weighted by atomic mass is 10.1. The fourth-order valence-electron chi connectivity index (χ4n) is 1.57. The summed E-state index contributed by atoms with van der Waals surface area (Å²) in [5, 5.41) is 4.03. The summed E-state index contributed by atoms with van der Waals surface area (Å²) in [6.07, 6.45) is 6.82. The van der Waals surface area contributed by atoms with E-state index in [4.69, 9.17) is 4.74 Å². The Labute approximate surface area is 106 Å². The third-order valence-corrected chi connectivity index (χ3v) is 2.51. The van der Waals surface area contributed by atoms with Crippen LogP contribution in [0.5, 0.6) is 5.75 Å². The van der Waals surface area contributed by atoms with Gasteiger partial charge in [0.1, 0.15) is 5.75 Å². The van der Waals surface area contributed by atoms with E-state index in [0.717, 1.165) is 5.56 Å². The monoisotopic (exact) mass is 242 g/mol. The van der Waals surface area contributed by atoms with Crippen molar-refractivity contribution in [2.45, 2.75) is 0 Å². The van der Waals surface area contributed by atoms with Gasteiger partial charge in [-0.25, -0.2) is 0 Å². The molecule has 2 rings (SSSR count). The van der Waals surface area contributed by atoms with Crippen LogP contribution in [0.15, 0.2) is 42.7 Å². The average Bonchev–Trinajstić information content (AvgIpc) is 2.82. The predicted octanol–water partition coefficient (Wildman–Crippen LogP) is 2.32. The Hall–Kier alpha value is -2.36. The molecule has 0 bridgehead atoms. The second-order valence-corrected chi connectivity index (χ2v) is 3.88.